The maximum Gasteiger partial charge on any atom is 0.229 e. The van der Waals surface area contributed by atoms with Crippen molar-refractivity contribution in [2.75, 3.05) is 18.5 Å². The molecular formula is C16H22IN7O. The van der Waals surface area contributed by atoms with Crippen molar-refractivity contribution < 1.29 is 4.79 Å². The summed E-state index contributed by atoms with van der Waals surface area (Å²) in [6, 6.07) is 9.72. The first-order valence-corrected chi connectivity index (χ1v) is 7.83. The summed E-state index contributed by atoms with van der Waals surface area (Å²) >= 11 is 0. The number of aromatic nitrogens is 3. The topological polar surface area (TPSA) is 87.4 Å². The van der Waals surface area contributed by atoms with E-state index in [0.717, 1.165) is 11.5 Å². The Morgan fingerprint density at radius 2 is 2.12 bits per heavy atom. The van der Waals surface area contributed by atoms with Gasteiger partial charge in [-0.3, -0.25) is 9.79 Å². The van der Waals surface area contributed by atoms with Crippen molar-refractivity contribution in [1.29, 1.82) is 0 Å². The molecule has 0 radical (unpaired) electrons. The second-order valence-corrected chi connectivity index (χ2v) is 5.67. The van der Waals surface area contributed by atoms with Crippen LogP contribution < -0.4 is 15.5 Å². The summed E-state index contributed by atoms with van der Waals surface area (Å²) in [7, 11) is 3.60. The molecule has 2 heterocycles. The number of hydrogen-bond donors (Lipinski definition) is 2. The molecule has 1 atom stereocenters. The van der Waals surface area contributed by atoms with Crippen molar-refractivity contribution in [2.24, 2.45) is 12.0 Å². The van der Waals surface area contributed by atoms with E-state index in [1.165, 1.54) is 0 Å². The number of para-hydroxylation sites is 1. The van der Waals surface area contributed by atoms with Crippen LogP contribution in [0.4, 0.5) is 5.69 Å². The molecule has 1 aromatic heterocycles. The highest BCUT2D eigenvalue weighted by molar-refractivity contribution is 14.0. The highest BCUT2D eigenvalue weighted by Crippen LogP contribution is 2.20. The number of amides is 1. The molecule has 0 bridgehead atoms. The zero-order valence-electron chi connectivity index (χ0n) is 14.2. The molecule has 2 aromatic rings. The number of hydrogen-bond acceptors (Lipinski definition) is 4. The van der Waals surface area contributed by atoms with Gasteiger partial charge < -0.3 is 20.1 Å². The molecule has 1 aromatic carbocycles. The number of nitrogens with one attached hydrogen (secondary N) is 2. The molecule has 3 rings (SSSR count). The van der Waals surface area contributed by atoms with Gasteiger partial charge in [-0.05, 0) is 12.1 Å². The van der Waals surface area contributed by atoms with Gasteiger partial charge in [-0.15, -0.1) is 34.2 Å². The fourth-order valence-electron chi connectivity index (χ4n) is 2.68. The van der Waals surface area contributed by atoms with Gasteiger partial charge in [0.2, 0.25) is 5.91 Å². The number of carbonyl (C=O) groups is 1. The Labute approximate surface area is 163 Å². The Balaban J connectivity index is 0.00000225. The first-order chi connectivity index (χ1) is 11.7. The minimum Gasteiger partial charge on any atom is -0.351 e. The molecule has 1 unspecified atom stereocenters. The molecule has 1 fully saturated rings. The van der Waals surface area contributed by atoms with Crippen LogP contribution in [0.5, 0.6) is 0 Å². The number of nitrogens with zero attached hydrogens (tertiary/aromatic N) is 5. The molecule has 0 aliphatic carbocycles. The number of halogens is 1. The highest BCUT2D eigenvalue weighted by Gasteiger charge is 2.31. The van der Waals surface area contributed by atoms with Gasteiger partial charge in [0.25, 0.3) is 0 Å². The second kappa shape index (κ2) is 8.79. The van der Waals surface area contributed by atoms with Crippen LogP contribution in [-0.4, -0.2) is 46.3 Å². The van der Waals surface area contributed by atoms with E-state index in [2.05, 4.69) is 25.8 Å². The fourth-order valence-corrected chi connectivity index (χ4v) is 2.68. The molecule has 9 heteroatoms. The van der Waals surface area contributed by atoms with E-state index >= 15 is 0 Å². The average Bonchev–Trinajstić information content (AvgIpc) is 3.17. The summed E-state index contributed by atoms with van der Waals surface area (Å²) in [6.07, 6.45) is 2.10. The lowest BCUT2D eigenvalue weighted by atomic mass is 10.2. The number of guanidine groups is 1. The van der Waals surface area contributed by atoms with Crippen LogP contribution in [0.15, 0.2) is 41.7 Å². The first kappa shape index (κ1) is 19.2. The van der Waals surface area contributed by atoms with E-state index in [1.807, 2.05) is 41.9 Å². The molecule has 1 aliphatic heterocycles. The van der Waals surface area contributed by atoms with E-state index in [-0.39, 0.29) is 35.9 Å². The molecule has 8 nitrogen and oxygen atoms in total. The molecule has 1 aliphatic rings. The van der Waals surface area contributed by atoms with Gasteiger partial charge in [-0.25, -0.2) is 0 Å². The van der Waals surface area contributed by atoms with Gasteiger partial charge in [0, 0.05) is 32.7 Å². The van der Waals surface area contributed by atoms with Crippen LogP contribution in [0, 0.1) is 0 Å². The quantitative estimate of drug-likeness (QED) is 0.407. The summed E-state index contributed by atoms with van der Waals surface area (Å²) in [5.41, 5.74) is 0.925. The molecule has 2 N–H and O–H groups in total. The van der Waals surface area contributed by atoms with Crippen molar-refractivity contribution in [2.45, 2.75) is 19.0 Å². The molecule has 0 saturated carbocycles. The van der Waals surface area contributed by atoms with E-state index in [4.69, 9.17) is 0 Å². The van der Waals surface area contributed by atoms with Crippen molar-refractivity contribution in [3.63, 3.8) is 0 Å². The molecule has 25 heavy (non-hydrogen) atoms. The summed E-state index contributed by atoms with van der Waals surface area (Å²) < 4.78 is 1.84. The minimum absolute atomic E-state index is 0. The second-order valence-electron chi connectivity index (χ2n) is 5.67. The Morgan fingerprint density at radius 3 is 2.76 bits per heavy atom. The Kier molecular flexibility index (Phi) is 6.73. The van der Waals surface area contributed by atoms with E-state index in [9.17, 15) is 4.79 Å². The van der Waals surface area contributed by atoms with Gasteiger partial charge in [0.15, 0.2) is 11.8 Å². The molecule has 134 valence electrons. The van der Waals surface area contributed by atoms with Gasteiger partial charge in [0.05, 0.1) is 12.6 Å². The fraction of sp³-hybridized carbons (Fsp3) is 0.375. The van der Waals surface area contributed by atoms with Crippen LogP contribution in [0.2, 0.25) is 0 Å². The first-order valence-electron chi connectivity index (χ1n) is 7.83. The number of rotatable bonds is 4. The Bertz CT molecular complexity index is 731. The van der Waals surface area contributed by atoms with Crippen molar-refractivity contribution in [3.05, 3.63) is 42.5 Å². The van der Waals surface area contributed by atoms with E-state index in [0.29, 0.717) is 25.5 Å². The third-order valence-electron chi connectivity index (χ3n) is 3.98. The number of benzene rings is 1. The minimum atomic E-state index is 0. The Morgan fingerprint density at radius 1 is 1.36 bits per heavy atom. The van der Waals surface area contributed by atoms with Gasteiger partial charge in [-0.1, -0.05) is 18.2 Å². The predicted octanol–water partition coefficient (Wildman–Crippen LogP) is 0.904. The van der Waals surface area contributed by atoms with E-state index in [1.54, 1.807) is 18.3 Å². The molecular weight excluding hydrogens is 433 g/mol. The van der Waals surface area contributed by atoms with Crippen LogP contribution in [0.3, 0.4) is 0 Å². The largest absolute Gasteiger partial charge is 0.351 e. The van der Waals surface area contributed by atoms with Crippen molar-refractivity contribution >= 4 is 41.5 Å². The summed E-state index contributed by atoms with van der Waals surface area (Å²) in [5.74, 6) is 1.57. The predicted molar refractivity (Wildman–Crippen MR) is 107 cm³/mol. The number of carbonyl (C=O) groups excluding carboxylic acids is 1. The lowest BCUT2D eigenvalue weighted by Gasteiger charge is -2.18. The monoisotopic (exact) mass is 455 g/mol. The maximum absolute atomic E-state index is 12.2. The Hall–Kier alpha value is -2.17. The zero-order chi connectivity index (χ0) is 16.9. The normalized spacial score (nSPS) is 17.4. The maximum atomic E-state index is 12.2. The lowest BCUT2D eigenvalue weighted by molar-refractivity contribution is -0.117. The third kappa shape index (κ3) is 4.68. The number of aliphatic imine (C=N–C) groups is 1. The summed E-state index contributed by atoms with van der Waals surface area (Å²) in [4.78, 5) is 18.3. The van der Waals surface area contributed by atoms with Crippen LogP contribution in [-0.2, 0) is 18.4 Å². The standard InChI is InChI=1S/C16H21N7O.HI/c1-17-16(18-9-14-21-19-11-22(14)2)20-12-8-15(24)23(10-12)13-6-4-3-5-7-13;/h3-7,11-12H,8-10H2,1-2H3,(H2,17,18,20);1H. The SMILES string of the molecule is CN=C(NCc1nncn1C)NC1CC(=O)N(c2ccccc2)C1.I. The number of anilines is 1. The summed E-state index contributed by atoms with van der Waals surface area (Å²) in [5, 5.41) is 14.4. The third-order valence-corrected chi connectivity index (χ3v) is 3.98. The van der Waals surface area contributed by atoms with Crippen molar-refractivity contribution in [1.82, 2.24) is 25.4 Å². The highest BCUT2D eigenvalue weighted by atomic mass is 127. The molecule has 1 amide bonds. The summed E-state index contributed by atoms with van der Waals surface area (Å²) in [6.45, 7) is 1.13. The van der Waals surface area contributed by atoms with Crippen LogP contribution >= 0.6 is 24.0 Å². The van der Waals surface area contributed by atoms with E-state index < -0.39 is 0 Å². The number of aryl methyl sites for hydroxylation is 1. The lowest BCUT2D eigenvalue weighted by Crippen LogP contribution is -2.44. The van der Waals surface area contributed by atoms with Crippen molar-refractivity contribution in [3.8, 4) is 0 Å². The smallest absolute Gasteiger partial charge is 0.229 e. The average molecular weight is 455 g/mol. The molecule has 1 saturated heterocycles. The van der Waals surface area contributed by atoms with Crippen LogP contribution in [0.1, 0.15) is 12.2 Å². The van der Waals surface area contributed by atoms with Gasteiger partial charge >= 0.3 is 0 Å². The van der Waals surface area contributed by atoms with Gasteiger partial charge in [0.1, 0.15) is 6.33 Å². The molecule has 0 spiro atoms. The zero-order valence-corrected chi connectivity index (χ0v) is 16.5. The van der Waals surface area contributed by atoms with Crippen LogP contribution in [0.25, 0.3) is 0 Å². The van der Waals surface area contributed by atoms with Gasteiger partial charge in [-0.2, -0.15) is 0 Å².